The zero-order valence-electron chi connectivity index (χ0n) is 6.36. The number of rotatable bonds is 1. The molecule has 0 radical (unpaired) electrons. The van der Waals surface area contributed by atoms with Crippen molar-refractivity contribution in [3.63, 3.8) is 0 Å². The predicted molar refractivity (Wildman–Crippen MR) is 50.3 cm³/mol. The SMILES string of the molecule is O=S(O)c1coc2cc(Cl)ccc12. The number of furan rings is 1. The van der Waals surface area contributed by atoms with Crippen molar-refractivity contribution in [1.29, 1.82) is 0 Å². The van der Waals surface area contributed by atoms with Gasteiger partial charge in [-0.1, -0.05) is 11.6 Å². The highest BCUT2D eigenvalue weighted by Crippen LogP contribution is 2.25. The quantitative estimate of drug-likeness (QED) is 0.746. The molecule has 1 atom stereocenters. The molecule has 1 N–H and O–H groups in total. The highest BCUT2D eigenvalue weighted by atomic mass is 35.5. The molecule has 0 saturated heterocycles. The lowest BCUT2D eigenvalue weighted by Crippen LogP contribution is -1.84. The molecule has 3 nitrogen and oxygen atoms in total. The molecule has 0 aliphatic carbocycles. The smallest absolute Gasteiger partial charge is 0.190 e. The van der Waals surface area contributed by atoms with Gasteiger partial charge in [0.25, 0.3) is 0 Å². The summed E-state index contributed by atoms with van der Waals surface area (Å²) in [7, 11) is 0. The third kappa shape index (κ3) is 1.48. The molecule has 0 aliphatic rings. The Bertz CT molecular complexity index is 477. The molecule has 0 amide bonds. The summed E-state index contributed by atoms with van der Waals surface area (Å²) in [5.74, 6) is 0. The Hall–Kier alpha value is -0.840. The topological polar surface area (TPSA) is 50.4 Å². The zero-order chi connectivity index (χ0) is 9.42. The predicted octanol–water partition coefficient (Wildman–Crippen LogP) is 2.67. The summed E-state index contributed by atoms with van der Waals surface area (Å²) in [5.41, 5.74) is 0.518. The Balaban J connectivity index is 2.76. The van der Waals surface area contributed by atoms with Gasteiger partial charge in [0.15, 0.2) is 11.1 Å². The minimum atomic E-state index is -2.02. The molecular formula is C8H5ClO3S. The lowest BCUT2D eigenvalue weighted by molar-refractivity contribution is 0.558. The van der Waals surface area contributed by atoms with Crippen molar-refractivity contribution >= 4 is 33.7 Å². The van der Waals surface area contributed by atoms with Crippen LogP contribution in [0.2, 0.25) is 5.02 Å². The van der Waals surface area contributed by atoms with Gasteiger partial charge < -0.3 is 8.97 Å². The Morgan fingerprint density at radius 2 is 2.23 bits per heavy atom. The monoisotopic (exact) mass is 216 g/mol. The van der Waals surface area contributed by atoms with Gasteiger partial charge in [0.05, 0.1) is 0 Å². The van der Waals surface area contributed by atoms with Crippen LogP contribution in [0.15, 0.2) is 33.8 Å². The fraction of sp³-hybridized carbons (Fsp3) is 0. The molecule has 1 aromatic heterocycles. The highest BCUT2D eigenvalue weighted by molar-refractivity contribution is 7.79. The van der Waals surface area contributed by atoms with Crippen LogP contribution < -0.4 is 0 Å². The van der Waals surface area contributed by atoms with E-state index < -0.39 is 11.1 Å². The molecule has 1 unspecified atom stereocenters. The van der Waals surface area contributed by atoms with Crippen molar-refractivity contribution in [3.8, 4) is 0 Å². The average Bonchev–Trinajstić information content (AvgIpc) is 2.46. The summed E-state index contributed by atoms with van der Waals surface area (Å²) in [4.78, 5) is 0.270. The maximum atomic E-state index is 10.8. The van der Waals surface area contributed by atoms with E-state index in [-0.39, 0.29) is 4.90 Å². The lowest BCUT2D eigenvalue weighted by Gasteiger charge is -1.90. The van der Waals surface area contributed by atoms with Crippen LogP contribution in [-0.2, 0) is 11.1 Å². The van der Waals surface area contributed by atoms with E-state index in [1.165, 1.54) is 6.26 Å². The van der Waals surface area contributed by atoms with E-state index >= 15 is 0 Å². The molecular weight excluding hydrogens is 212 g/mol. The van der Waals surface area contributed by atoms with Crippen molar-refractivity contribution in [3.05, 3.63) is 29.5 Å². The first-order chi connectivity index (χ1) is 6.18. The molecule has 0 aliphatic heterocycles. The number of hydrogen-bond donors (Lipinski definition) is 1. The molecule has 2 rings (SSSR count). The van der Waals surface area contributed by atoms with E-state index in [2.05, 4.69) is 0 Å². The van der Waals surface area contributed by atoms with E-state index in [9.17, 15) is 4.21 Å². The van der Waals surface area contributed by atoms with E-state index in [1.54, 1.807) is 18.2 Å². The molecule has 5 heteroatoms. The van der Waals surface area contributed by atoms with Crippen molar-refractivity contribution < 1.29 is 13.2 Å². The van der Waals surface area contributed by atoms with Gasteiger partial charge in [-0.25, -0.2) is 4.21 Å². The van der Waals surface area contributed by atoms with Crippen LogP contribution in [0, 0.1) is 0 Å². The Morgan fingerprint density at radius 3 is 2.92 bits per heavy atom. The van der Waals surface area contributed by atoms with Crippen LogP contribution in [0.1, 0.15) is 0 Å². The molecule has 68 valence electrons. The standard InChI is InChI=1S/C8H5ClO3S/c9-5-1-2-6-7(3-5)12-4-8(6)13(10)11/h1-4H,(H,10,11). The third-order valence-electron chi connectivity index (χ3n) is 1.69. The van der Waals surface area contributed by atoms with E-state index in [0.717, 1.165) is 0 Å². The maximum absolute atomic E-state index is 10.8. The van der Waals surface area contributed by atoms with Crippen LogP contribution >= 0.6 is 11.6 Å². The lowest BCUT2D eigenvalue weighted by atomic mass is 10.3. The molecule has 1 heterocycles. The van der Waals surface area contributed by atoms with E-state index in [4.69, 9.17) is 20.6 Å². The van der Waals surface area contributed by atoms with Gasteiger partial charge in [-0.2, -0.15) is 0 Å². The van der Waals surface area contributed by atoms with Crippen molar-refractivity contribution in [1.82, 2.24) is 0 Å². The van der Waals surface area contributed by atoms with Gasteiger partial charge in [-0.15, -0.1) is 0 Å². The minimum Gasteiger partial charge on any atom is -0.463 e. The summed E-state index contributed by atoms with van der Waals surface area (Å²) in [6.45, 7) is 0. The Labute approximate surface area is 81.6 Å². The number of fused-ring (bicyclic) bond motifs is 1. The molecule has 2 aromatic rings. The fourth-order valence-corrected chi connectivity index (χ4v) is 1.76. The normalized spacial score (nSPS) is 13.4. The van der Waals surface area contributed by atoms with Crippen LogP contribution in [-0.4, -0.2) is 8.76 Å². The van der Waals surface area contributed by atoms with Crippen molar-refractivity contribution in [2.45, 2.75) is 4.90 Å². The molecule has 13 heavy (non-hydrogen) atoms. The number of halogens is 1. The van der Waals surface area contributed by atoms with Gasteiger partial charge in [0.2, 0.25) is 0 Å². The Kier molecular flexibility index (Phi) is 2.11. The molecule has 1 aromatic carbocycles. The van der Waals surface area contributed by atoms with Crippen LogP contribution in [0.25, 0.3) is 11.0 Å². The molecule has 0 bridgehead atoms. The number of benzene rings is 1. The third-order valence-corrected chi connectivity index (χ3v) is 2.62. The van der Waals surface area contributed by atoms with Gasteiger partial charge in [-0.3, -0.25) is 0 Å². The van der Waals surface area contributed by atoms with E-state index in [1.807, 2.05) is 0 Å². The summed E-state index contributed by atoms with van der Waals surface area (Å²) < 4.78 is 24.7. The average molecular weight is 217 g/mol. The van der Waals surface area contributed by atoms with Gasteiger partial charge in [0.1, 0.15) is 16.7 Å². The highest BCUT2D eigenvalue weighted by Gasteiger charge is 2.10. The molecule has 0 fully saturated rings. The van der Waals surface area contributed by atoms with Gasteiger partial charge in [0, 0.05) is 16.5 Å². The summed E-state index contributed by atoms with van der Waals surface area (Å²) >= 11 is 3.69. The van der Waals surface area contributed by atoms with Crippen LogP contribution in [0.5, 0.6) is 0 Å². The van der Waals surface area contributed by atoms with Crippen molar-refractivity contribution in [2.75, 3.05) is 0 Å². The first-order valence-electron chi connectivity index (χ1n) is 3.46. The zero-order valence-corrected chi connectivity index (χ0v) is 7.93. The van der Waals surface area contributed by atoms with Crippen LogP contribution in [0.4, 0.5) is 0 Å². The van der Waals surface area contributed by atoms with Crippen molar-refractivity contribution in [2.24, 2.45) is 0 Å². The second kappa shape index (κ2) is 3.14. The van der Waals surface area contributed by atoms with Crippen LogP contribution in [0.3, 0.4) is 0 Å². The summed E-state index contributed by atoms with van der Waals surface area (Å²) in [5, 5.41) is 1.15. The first kappa shape index (κ1) is 8.74. The summed E-state index contributed by atoms with van der Waals surface area (Å²) in [6.07, 6.45) is 1.26. The minimum absolute atomic E-state index is 0.270. The van der Waals surface area contributed by atoms with E-state index in [0.29, 0.717) is 16.0 Å². The second-order valence-electron chi connectivity index (χ2n) is 2.49. The number of hydrogen-bond acceptors (Lipinski definition) is 2. The van der Waals surface area contributed by atoms with Gasteiger partial charge in [-0.05, 0) is 12.1 Å². The fourth-order valence-electron chi connectivity index (χ4n) is 1.11. The maximum Gasteiger partial charge on any atom is 0.190 e. The molecule has 0 saturated carbocycles. The van der Waals surface area contributed by atoms with Gasteiger partial charge >= 0.3 is 0 Å². The Morgan fingerprint density at radius 1 is 1.46 bits per heavy atom. The summed E-state index contributed by atoms with van der Waals surface area (Å²) in [6, 6.07) is 4.91. The largest absolute Gasteiger partial charge is 0.463 e. The first-order valence-corrected chi connectivity index (χ1v) is 4.94. The second-order valence-corrected chi connectivity index (χ2v) is 3.86. The molecule has 0 spiro atoms.